The zero-order valence-electron chi connectivity index (χ0n) is 17.2. The van der Waals surface area contributed by atoms with E-state index in [1.165, 1.54) is 0 Å². The summed E-state index contributed by atoms with van der Waals surface area (Å²) in [5.74, 6) is 2.15. The van der Waals surface area contributed by atoms with Gasteiger partial charge in [0.1, 0.15) is 11.0 Å². The molecule has 9 nitrogen and oxygen atoms in total. The number of aromatic nitrogens is 4. The summed E-state index contributed by atoms with van der Waals surface area (Å²) < 4.78 is 0. The second kappa shape index (κ2) is 9.27. The predicted molar refractivity (Wildman–Crippen MR) is 123 cm³/mol. The highest BCUT2D eigenvalue weighted by molar-refractivity contribution is 5.94. The molecule has 4 rings (SSSR count). The first-order valence-electron chi connectivity index (χ1n) is 9.86. The molecule has 1 aromatic carbocycles. The van der Waals surface area contributed by atoms with Crippen molar-refractivity contribution in [1.82, 2.24) is 19.9 Å². The normalized spacial score (nSPS) is 17.2. The van der Waals surface area contributed by atoms with E-state index in [0.717, 1.165) is 24.1 Å². The van der Waals surface area contributed by atoms with Gasteiger partial charge in [-0.05, 0) is 17.5 Å². The van der Waals surface area contributed by atoms with E-state index < -0.39 is 6.10 Å². The monoisotopic (exact) mass is 430 g/mol. The highest BCUT2D eigenvalue weighted by Gasteiger charge is 2.31. The van der Waals surface area contributed by atoms with Gasteiger partial charge in [-0.2, -0.15) is 9.97 Å². The standard InChI is InChI=1S/C20H26N8O.ClH/c1-4-9-23-19-25-15-16(17(21-2)27-19)26-20(28-18(15)22-3)24-14-12-8-6-5-7-11(12)10-13(14)29;/h5-8,13-14,29H,4,9-10H2,1-3H3,(H2,21,23,25,27)(H2,22,24,26,28);1H/t13-,14-;/m1./s1. The Bertz CT molecular complexity index is 1030. The van der Waals surface area contributed by atoms with Crippen molar-refractivity contribution in [3.8, 4) is 0 Å². The van der Waals surface area contributed by atoms with Crippen LogP contribution >= 0.6 is 12.4 Å². The van der Waals surface area contributed by atoms with E-state index >= 15 is 0 Å². The first kappa shape index (κ1) is 21.8. The van der Waals surface area contributed by atoms with Gasteiger partial charge in [0, 0.05) is 27.1 Å². The number of hydrogen-bond acceptors (Lipinski definition) is 9. The molecule has 1 aliphatic carbocycles. The summed E-state index contributed by atoms with van der Waals surface area (Å²) in [6.07, 6.45) is 1.04. The summed E-state index contributed by atoms with van der Waals surface area (Å²) in [4.78, 5) is 18.4. The Hall–Kier alpha value is -2.91. The fourth-order valence-electron chi connectivity index (χ4n) is 3.63. The average Bonchev–Trinajstić information content (AvgIpc) is 3.06. The molecule has 0 bridgehead atoms. The van der Waals surface area contributed by atoms with Crippen molar-refractivity contribution in [2.45, 2.75) is 31.9 Å². The van der Waals surface area contributed by atoms with Crippen molar-refractivity contribution in [3.05, 3.63) is 35.4 Å². The Morgan fingerprint density at radius 1 is 0.967 bits per heavy atom. The molecule has 30 heavy (non-hydrogen) atoms. The molecule has 2 aromatic heterocycles. The minimum absolute atomic E-state index is 0. The number of aliphatic hydroxyl groups excluding tert-OH is 1. The van der Waals surface area contributed by atoms with Gasteiger partial charge in [-0.25, -0.2) is 9.97 Å². The van der Waals surface area contributed by atoms with Gasteiger partial charge in [0.15, 0.2) is 11.6 Å². The molecule has 0 spiro atoms. The van der Waals surface area contributed by atoms with Gasteiger partial charge >= 0.3 is 0 Å². The topological polar surface area (TPSA) is 120 Å². The van der Waals surface area contributed by atoms with Gasteiger partial charge in [-0.3, -0.25) is 0 Å². The Morgan fingerprint density at radius 3 is 2.27 bits per heavy atom. The molecule has 0 saturated carbocycles. The number of benzene rings is 1. The van der Waals surface area contributed by atoms with Crippen LogP contribution in [-0.4, -0.2) is 51.8 Å². The highest BCUT2D eigenvalue weighted by Crippen LogP contribution is 2.34. The van der Waals surface area contributed by atoms with Crippen molar-refractivity contribution in [1.29, 1.82) is 0 Å². The molecule has 0 aliphatic heterocycles. The summed E-state index contributed by atoms with van der Waals surface area (Å²) in [5.41, 5.74) is 3.44. The number of halogens is 1. The van der Waals surface area contributed by atoms with Crippen LogP contribution in [0, 0.1) is 0 Å². The maximum atomic E-state index is 10.6. The first-order valence-corrected chi connectivity index (χ1v) is 9.86. The second-order valence-corrected chi connectivity index (χ2v) is 7.01. The van der Waals surface area contributed by atoms with Gasteiger partial charge in [0.25, 0.3) is 0 Å². The molecular formula is C20H27ClN8O. The van der Waals surface area contributed by atoms with Crippen molar-refractivity contribution in [2.24, 2.45) is 0 Å². The molecule has 2 atom stereocenters. The van der Waals surface area contributed by atoms with Crippen LogP contribution < -0.4 is 21.3 Å². The molecule has 0 saturated heterocycles. The third kappa shape index (κ3) is 4.03. The molecule has 3 aromatic rings. The van der Waals surface area contributed by atoms with Crippen LogP contribution in [0.25, 0.3) is 11.0 Å². The van der Waals surface area contributed by atoms with Crippen LogP contribution in [0.5, 0.6) is 0 Å². The van der Waals surface area contributed by atoms with Gasteiger partial charge in [-0.15, -0.1) is 12.4 Å². The number of nitrogens with one attached hydrogen (secondary N) is 4. The molecular weight excluding hydrogens is 404 g/mol. The quantitative estimate of drug-likeness (QED) is 0.385. The minimum Gasteiger partial charge on any atom is -0.390 e. The van der Waals surface area contributed by atoms with E-state index in [1.807, 2.05) is 24.3 Å². The lowest BCUT2D eigenvalue weighted by Gasteiger charge is -2.19. The molecule has 0 fully saturated rings. The fraction of sp³-hybridized carbons (Fsp3) is 0.400. The van der Waals surface area contributed by atoms with Crippen LogP contribution in [0.1, 0.15) is 30.5 Å². The fourth-order valence-corrected chi connectivity index (χ4v) is 3.63. The molecule has 0 radical (unpaired) electrons. The number of nitrogens with zero attached hydrogens (tertiary/aromatic N) is 4. The molecule has 10 heteroatoms. The van der Waals surface area contributed by atoms with E-state index in [4.69, 9.17) is 0 Å². The van der Waals surface area contributed by atoms with Crippen molar-refractivity contribution >= 4 is 47.0 Å². The van der Waals surface area contributed by atoms with E-state index in [1.54, 1.807) is 14.1 Å². The van der Waals surface area contributed by atoms with Crippen LogP contribution in [-0.2, 0) is 6.42 Å². The Balaban J connectivity index is 0.00000256. The summed E-state index contributed by atoms with van der Waals surface area (Å²) in [7, 11) is 3.60. The van der Waals surface area contributed by atoms with Crippen LogP contribution in [0.4, 0.5) is 23.5 Å². The number of anilines is 4. The lowest BCUT2D eigenvalue weighted by molar-refractivity contribution is 0.165. The van der Waals surface area contributed by atoms with Crippen LogP contribution in [0.2, 0.25) is 0 Å². The average molecular weight is 431 g/mol. The summed E-state index contributed by atoms with van der Waals surface area (Å²) in [6.45, 7) is 2.87. The number of rotatable bonds is 7. The zero-order chi connectivity index (χ0) is 20.4. The summed E-state index contributed by atoms with van der Waals surface area (Å²) >= 11 is 0. The molecule has 5 N–H and O–H groups in total. The van der Waals surface area contributed by atoms with E-state index in [2.05, 4.69) is 48.1 Å². The van der Waals surface area contributed by atoms with Crippen molar-refractivity contribution in [3.63, 3.8) is 0 Å². The number of fused-ring (bicyclic) bond motifs is 2. The molecule has 0 amide bonds. The third-order valence-corrected chi connectivity index (χ3v) is 5.04. The lowest BCUT2D eigenvalue weighted by atomic mass is 10.1. The minimum atomic E-state index is -0.537. The van der Waals surface area contributed by atoms with E-state index in [-0.39, 0.29) is 18.4 Å². The maximum absolute atomic E-state index is 10.6. The molecule has 2 heterocycles. The molecule has 1 aliphatic rings. The molecule has 0 unspecified atom stereocenters. The predicted octanol–water partition coefficient (Wildman–Crippen LogP) is 2.82. The smallest absolute Gasteiger partial charge is 0.226 e. The summed E-state index contributed by atoms with van der Waals surface area (Å²) in [5, 5.41) is 23.3. The van der Waals surface area contributed by atoms with Gasteiger partial charge in [0.05, 0.1) is 12.1 Å². The van der Waals surface area contributed by atoms with Gasteiger partial charge < -0.3 is 26.4 Å². The zero-order valence-corrected chi connectivity index (χ0v) is 18.0. The Morgan fingerprint density at radius 2 is 1.60 bits per heavy atom. The maximum Gasteiger partial charge on any atom is 0.226 e. The number of aliphatic hydroxyl groups is 1. The molecule has 160 valence electrons. The highest BCUT2D eigenvalue weighted by atomic mass is 35.5. The SMILES string of the molecule is CCCNc1nc(NC)c2nc(N[C@@H]3c4ccccc4C[C@H]3O)nc(NC)c2n1.Cl. The second-order valence-electron chi connectivity index (χ2n) is 7.01. The van der Waals surface area contributed by atoms with Crippen molar-refractivity contribution in [2.75, 3.05) is 41.9 Å². The summed E-state index contributed by atoms with van der Waals surface area (Å²) in [6, 6.07) is 7.76. The van der Waals surface area contributed by atoms with Gasteiger partial charge in [0.2, 0.25) is 11.9 Å². The van der Waals surface area contributed by atoms with Crippen LogP contribution in [0.3, 0.4) is 0 Å². The largest absolute Gasteiger partial charge is 0.390 e. The van der Waals surface area contributed by atoms with E-state index in [9.17, 15) is 5.11 Å². The van der Waals surface area contributed by atoms with Gasteiger partial charge in [-0.1, -0.05) is 31.2 Å². The first-order chi connectivity index (χ1) is 14.1. The van der Waals surface area contributed by atoms with Crippen LogP contribution in [0.15, 0.2) is 24.3 Å². The third-order valence-electron chi connectivity index (χ3n) is 5.04. The Labute approximate surface area is 181 Å². The number of hydrogen-bond donors (Lipinski definition) is 5. The lowest BCUT2D eigenvalue weighted by Crippen LogP contribution is -2.22. The van der Waals surface area contributed by atoms with Crippen molar-refractivity contribution < 1.29 is 5.11 Å². The Kier molecular flexibility index (Phi) is 6.73. The van der Waals surface area contributed by atoms with E-state index in [0.29, 0.717) is 41.0 Å².